The van der Waals surface area contributed by atoms with E-state index in [0.29, 0.717) is 29.7 Å². The number of pyridine rings is 1. The number of aromatic nitrogens is 1. The normalized spacial score (nSPS) is 18.7. The zero-order valence-corrected chi connectivity index (χ0v) is 11.1. The van der Waals surface area contributed by atoms with E-state index in [4.69, 9.17) is 11.6 Å². The molecule has 0 spiro atoms. The number of rotatable bonds is 2. The molecule has 4 nitrogen and oxygen atoms in total. The van der Waals surface area contributed by atoms with Crippen LogP contribution >= 0.6 is 11.6 Å². The minimum absolute atomic E-state index is 0.0595. The Balaban J connectivity index is 1.97. The van der Waals surface area contributed by atoms with Gasteiger partial charge in [0.25, 0.3) is 5.91 Å². The number of nitrogens with zero attached hydrogens (tertiary/aromatic N) is 2. The standard InChI is InChI=1S/C13H17ClN2O2/c1-9(17)10-4-6-16(7-5-10)13(18)12-3-2-11(14)8-15-12/h2-3,8-10,17H,4-7H2,1H3. The first-order valence-electron chi connectivity index (χ1n) is 6.17. The maximum atomic E-state index is 12.1. The van der Waals surface area contributed by atoms with E-state index in [0.717, 1.165) is 12.8 Å². The van der Waals surface area contributed by atoms with Crippen molar-refractivity contribution in [1.29, 1.82) is 0 Å². The smallest absolute Gasteiger partial charge is 0.272 e. The van der Waals surface area contributed by atoms with Gasteiger partial charge in [-0.05, 0) is 37.8 Å². The number of likely N-dealkylation sites (tertiary alicyclic amines) is 1. The summed E-state index contributed by atoms with van der Waals surface area (Å²) >= 11 is 5.74. The summed E-state index contributed by atoms with van der Waals surface area (Å²) in [5.74, 6) is 0.239. The second kappa shape index (κ2) is 5.67. The third-order valence-electron chi connectivity index (χ3n) is 3.46. The Hall–Kier alpha value is -1.13. The van der Waals surface area contributed by atoms with Crippen molar-refractivity contribution in [3.8, 4) is 0 Å². The number of halogens is 1. The molecule has 0 aromatic carbocycles. The molecule has 1 aromatic rings. The molecular formula is C13H17ClN2O2. The molecule has 1 aliphatic rings. The number of aliphatic hydroxyl groups excluding tert-OH is 1. The Morgan fingerprint density at radius 1 is 1.50 bits per heavy atom. The van der Waals surface area contributed by atoms with E-state index in [1.54, 1.807) is 17.0 Å². The highest BCUT2D eigenvalue weighted by Gasteiger charge is 2.26. The predicted octanol–water partition coefficient (Wildman–Crippen LogP) is 1.97. The summed E-state index contributed by atoms with van der Waals surface area (Å²) in [7, 11) is 0. The van der Waals surface area contributed by atoms with Crippen LogP contribution in [0.2, 0.25) is 5.02 Å². The lowest BCUT2D eigenvalue weighted by Crippen LogP contribution is -2.41. The highest BCUT2D eigenvalue weighted by Crippen LogP contribution is 2.21. The largest absolute Gasteiger partial charge is 0.393 e. The van der Waals surface area contributed by atoms with E-state index in [-0.39, 0.29) is 12.0 Å². The van der Waals surface area contributed by atoms with E-state index in [2.05, 4.69) is 4.98 Å². The molecular weight excluding hydrogens is 252 g/mol. The Morgan fingerprint density at radius 2 is 2.17 bits per heavy atom. The number of carbonyl (C=O) groups excluding carboxylic acids is 1. The fraction of sp³-hybridized carbons (Fsp3) is 0.538. The van der Waals surface area contributed by atoms with Gasteiger partial charge in [-0.25, -0.2) is 4.98 Å². The van der Waals surface area contributed by atoms with Gasteiger partial charge in [0.15, 0.2) is 0 Å². The van der Waals surface area contributed by atoms with Gasteiger partial charge in [-0.3, -0.25) is 4.79 Å². The quantitative estimate of drug-likeness (QED) is 0.892. The molecule has 1 unspecified atom stereocenters. The molecule has 0 radical (unpaired) electrons. The Labute approximate surface area is 112 Å². The molecule has 5 heteroatoms. The third-order valence-corrected chi connectivity index (χ3v) is 3.68. The second-order valence-electron chi connectivity index (χ2n) is 4.73. The number of hydrogen-bond donors (Lipinski definition) is 1. The van der Waals surface area contributed by atoms with Crippen molar-refractivity contribution >= 4 is 17.5 Å². The predicted molar refractivity (Wildman–Crippen MR) is 69.6 cm³/mol. The van der Waals surface area contributed by atoms with Crippen molar-refractivity contribution in [2.75, 3.05) is 13.1 Å². The highest BCUT2D eigenvalue weighted by molar-refractivity contribution is 6.30. The van der Waals surface area contributed by atoms with Crippen LogP contribution in [0.1, 0.15) is 30.3 Å². The molecule has 1 atom stereocenters. The van der Waals surface area contributed by atoms with Crippen LogP contribution in [0.25, 0.3) is 0 Å². The van der Waals surface area contributed by atoms with Crippen LogP contribution in [0.15, 0.2) is 18.3 Å². The summed E-state index contributed by atoms with van der Waals surface area (Å²) < 4.78 is 0. The van der Waals surface area contributed by atoms with E-state index < -0.39 is 0 Å². The zero-order chi connectivity index (χ0) is 13.1. The maximum absolute atomic E-state index is 12.1. The lowest BCUT2D eigenvalue weighted by molar-refractivity contribution is 0.0517. The van der Waals surface area contributed by atoms with E-state index in [1.165, 1.54) is 6.20 Å². The topological polar surface area (TPSA) is 53.4 Å². The first kappa shape index (κ1) is 13.3. The van der Waals surface area contributed by atoms with Gasteiger partial charge < -0.3 is 10.0 Å². The summed E-state index contributed by atoms with van der Waals surface area (Å²) in [6, 6.07) is 3.32. The summed E-state index contributed by atoms with van der Waals surface area (Å²) in [5, 5.41) is 10.0. The van der Waals surface area contributed by atoms with Crippen LogP contribution in [-0.2, 0) is 0 Å². The van der Waals surface area contributed by atoms with E-state index >= 15 is 0 Å². The number of hydrogen-bond acceptors (Lipinski definition) is 3. The van der Waals surface area contributed by atoms with Crippen molar-refractivity contribution < 1.29 is 9.90 Å². The Morgan fingerprint density at radius 3 is 2.67 bits per heavy atom. The number of piperidine rings is 1. The lowest BCUT2D eigenvalue weighted by atomic mass is 9.92. The molecule has 0 saturated carbocycles. The lowest BCUT2D eigenvalue weighted by Gasteiger charge is -2.33. The number of carbonyl (C=O) groups is 1. The van der Waals surface area contributed by atoms with Crippen molar-refractivity contribution in [2.45, 2.75) is 25.9 Å². The zero-order valence-electron chi connectivity index (χ0n) is 10.3. The van der Waals surface area contributed by atoms with Crippen molar-refractivity contribution in [3.63, 3.8) is 0 Å². The van der Waals surface area contributed by atoms with Gasteiger partial charge in [0.1, 0.15) is 5.69 Å². The Kier molecular flexibility index (Phi) is 4.19. The molecule has 1 N–H and O–H groups in total. The van der Waals surface area contributed by atoms with E-state index in [1.807, 2.05) is 6.92 Å². The molecule has 98 valence electrons. The fourth-order valence-corrected chi connectivity index (χ4v) is 2.36. The van der Waals surface area contributed by atoms with Gasteiger partial charge in [-0.15, -0.1) is 0 Å². The highest BCUT2D eigenvalue weighted by atomic mass is 35.5. The van der Waals surface area contributed by atoms with Gasteiger partial charge in [-0.2, -0.15) is 0 Å². The minimum atomic E-state index is -0.295. The van der Waals surface area contributed by atoms with Gasteiger partial charge in [0, 0.05) is 19.3 Å². The van der Waals surface area contributed by atoms with Crippen LogP contribution in [-0.4, -0.2) is 40.1 Å². The molecule has 0 aliphatic carbocycles. The molecule has 1 amide bonds. The van der Waals surface area contributed by atoms with Crippen LogP contribution in [0.3, 0.4) is 0 Å². The molecule has 1 fully saturated rings. The summed E-state index contributed by atoms with van der Waals surface area (Å²) in [6.07, 6.45) is 2.88. The van der Waals surface area contributed by atoms with Gasteiger partial charge in [0.2, 0.25) is 0 Å². The van der Waals surface area contributed by atoms with Crippen molar-refractivity contribution in [2.24, 2.45) is 5.92 Å². The molecule has 2 rings (SSSR count). The number of amides is 1. The first-order valence-corrected chi connectivity index (χ1v) is 6.54. The van der Waals surface area contributed by atoms with Gasteiger partial charge in [0.05, 0.1) is 11.1 Å². The third kappa shape index (κ3) is 3.00. The monoisotopic (exact) mass is 268 g/mol. The Bertz CT molecular complexity index is 412. The van der Waals surface area contributed by atoms with Crippen LogP contribution < -0.4 is 0 Å². The SMILES string of the molecule is CC(O)C1CCN(C(=O)c2ccc(Cl)cn2)CC1. The fourth-order valence-electron chi connectivity index (χ4n) is 2.25. The minimum Gasteiger partial charge on any atom is -0.393 e. The summed E-state index contributed by atoms with van der Waals surface area (Å²) in [5.41, 5.74) is 0.426. The van der Waals surface area contributed by atoms with E-state index in [9.17, 15) is 9.90 Å². The van der Waals surface area contributed by atoms with Gasteiger partial charge in [-0.1, -0.05) is 11.6 Å². The summed E-state index contributed by atoms with van der Waals surface area (Å²) in [6.45, 7) is 3.17. The summed E-state index contributed by atoms with van der Waals surface area (Å²) in [4.78, 5) is 18.0. The average Bonchev–Trinajstić information content (AvgIpc) is 2.39. The second-order valence-corrected chi connectivity index (χ2v) is 5.17. The number of aliphatic hydroxyl groups is 1. The van der Waals surface area contributed by atoms with Crippen molar-refractivity contribution in [3.05, 3.63) is 29.0 Å². The first-order chi connectivity index (χ1) is 8.58. The van der Waals surface area contributed by atoms with Crippen LogP contribution in [0, 0.1) is 5.92 Å². The van der Waals surface area contributed by atoms with Crippen LogP contribution in [0.5, 0.6) is 0 Å². The van der Waals surface area contributed by atoms with Crippen molar-refractivity contribution in [1.82, 2.24) is 9.88 Å². The molecule has 0 bridgehead atoms. The molecule has 1 aliphatic heterocycles. The van der Waals surface area contributed by atoms with Crippen LogP contribution in [0.4, 0.5) is 0 Å². The molecule has 2 heterocycles. The molecule has 1 saturated heterocycles. The maximum Gasteiger partial charge on any atom is 0.272 e. The average molecular weight is 269 g/mol. The molecule has 18 heavy (non-hydrogen) atoms. The van der Waals surface area contributed by atoms with Gasteiger partial charge >= 0.3 is 0 Å². The molecule has 1 aromatic heterocycles.